The van der Waals surface area contributed by atoms with Crippen molar-refractivity contribution >= 4 is 5.97 Å². The molecule has 1 N–H and O–H groups in total. The smallest absolute Gasteiger partial charge is 0.356 e. The summed E-state index contributed by atoms with van der Waals surface area (Å²) in [5, 5.41) is 17.4. The molecule has 1 aromatic carbocycles. The zero-order valence-corrected chi connectivity index (χ0v) is 9.17. The maximum atomic E-state index is 13.1. The summed E-state index contributed by atoms with van der Waals surface area (Å²) in [5.74, 6) is -1.68. The number of nitrogens with zero attached hydrogens (tertiary/aromatic N) is 3. The maximum absolute atomic E-state index is 13.1. The minimum atomic E-state index is -1.11. The molecule has 1 heterocycles. The van der Waals surface area contributed by atoms with Crippen LogP contribution in [0.25, 0.3) is 0 Å². The molecule has 0 atom stereocenters. The first-order valence-electron chi connectivity index (χ1n) is 5.04. The molecule has 0 saturated carbocycles. The molecule has 0 bridgehead atoms. The normalized spacial score (nSPS) is 10.0. The molecule has 0 spiro atoms. The van der Waals surface area contributed by atoms with E-state index in [9.17, 15) is 9.18 Å². The number of aromatic carboxylic acids is 1. The first-order valence-corrected chi connectivity index (χ1v) is 5.04. The van der Waals surface area contributed by atoms with Crippen LogP contribution in [0.15, 0.2) is 30.7 Å². The monoisotopic (exact) mass is 245 g/mol. The highest BCUT2D eigenvalue weighted by molar-refractivity contribution is 5.84. The predicted octanol–water partition coefficient (Wildman–Crippen LogP) is 1.64. The van der Waals surface area contributed by atoms with E-state index in [-0.39, 0.29) is 11.3 Å². The summed E-state index contributed by atoms with van der Waals surface area (Å²) >= 11 is 0. The van der Waals surface area contributed by atoms with Crippen molar-refractivity contribution in [2.45, 2.75) is 6.54 Å². The number of benzene rings is 1. The van der Waals surface area contributed by atoms with Gasteiger partial charge in [0.25, 0.3) is 0 Å². The maximum Gasteiger partial charge on any atom is 0.356 e. The van der Waals surface area contributed by atoms with Crippen molar-refractivity contribution < 1.29 is 14.3 Å². The van der Waals surface area contributed by atoms with Crippen LogP contribution < -0.4 is 0 Å². The number of hydrogen-bond acceptors (Lipinski definition) is 3. The van der Waals surface area contributed by atoms with Crippen LogP contribution in [0.1, 0.15) is 21.6 Å². The van der Waals surface area contributed by atoms with Crippen LogP contribution >= 0.6 is 0 Å². The van der Waals surface area contributed by atoms with E-state index in [1.165, 1.54) is 30.7 Å². The van der Waals surface area contributed by atoms with Gasteiger partial charge >= 0.3 is 5.97 Å². The quantitative estimate of drug-likeness (QED) is 0.891. The summed E-state index contributed by atoms with van der Waals surface area (Å²) < 4.78 is 14.7. The van der Waals surface area contributed by atoms with Crippen LogP contribution in [0, 0.1) is 17.1 Å². The van der Waals surface area contributed by atoms with Gasteiger partial charge in [-0.1, -0.05) is 6.07 Å². The molecule has 0 radical (unpaired) electrons. The molecule has 90 valence electrons. The van der Waals surface area contributed by atoms with Crippen LogP contribution in [0.4, 0.5) is 4.39 Å². The number of nitriles is 1. The van der Waals surface area contributed by atoms with Gasteiger partial charge in [-0.05, 0) is 17.7 Å². The second kappa shape index (κ2) is 4.67. The van der Waals surface area contributed by atoms with Crippen molar-refractivity contribution in [3.63, 3.8) is 0 Å². The standard InChI is InChI=1S/C12H8FN3O2/c13-10-2-1-8(3-9(10)4-14)5-16-6-11(12(17)18)15-7-16/h1-3,6-7H,5H2,(H,17,18). The Labute approximate surface area is 102 Å². The van der Waals surface area contributed by atoms with Crippen molar-refractivity contribution in [1.29, 1.82) is 5.26 Å². The van der Waals surface area contributed by atoms with Crippen LogP contribution in [-0.4, -0.2) is 20.6 Å². The average molecular weight is 245 g/mol. The minimum absolute atomic E-state index is 0.0360. The SMILES string of the molecule is N#Cc1cc(Cn2cnc(C(=O)O)c2)ccc1F. The highest BCUT2D eigenvalue weighted by Gasteiger charge is 2.07. The van der Waals surface area contributed by atoms with Gasteiger partial charge in [-0.2, -0.15) is 5.26 Å². The molecule has 0 aliphatic heterocycles. The zero-order valence-electron chi connectivity index (χ0n) is 9.17. The molecule has 5 nitrogen and oxygen atoms in total. The Morgan fingerprint density at radius 3 is 2.94 bits per heavy atom. The topological polar surface area (TPSA) is 78.9 Å². The van der Waals surface area contributed by atoms with Gasteiger partial charge in [0.2, 0.25) is 0 Å². The van der Waals surface area contributed by atoms with E-state index in [2.05, 4.69) is 4.98 Å². The van der Waals surface area contributed by atoms with Crippen molar-refractivity contribution in [1.82, 2.24) is 9.55 Å². The number of carbonyl (C=O) groups is 1. The fourth-order valence-corrected chi connectivity index (χ4v) is 1.52. The molecule has 18 heavy (non-hydrogen) atoms. The van der Waals surface area contributed by atoms with E-state index in [0.717, 1.165) is 0 Å². The number of rotatable bonds is 3. The summed E-state index contributed by atoms with van der Waals surface area (Å²) in [5.41, 5.74) is 0.603. The summed E-state index contributed by atoms with van der Waals surface area (Å²) in [6.07, 6.45) is 2.75. The van der Waals surface area contributed by atoms with Crippen LogP contribution in [-0.2, 0) is 6.54 Å². The highest BCUT2D eigenvalue weighted by atomic mass is 19.1. The van der Waals surface area contributed by atoms with E-state index >= 15 is 0 Å². The predicted molar refractivity (Wildman–Crippen MR) is 59.4 cm³/mol. The second-order valence-electron chi connectivity index (χ2n) is 3.66. The lowest BCUT2D eigenvalue weighted by atomic mass is 10.1. The number of imidazole rings is 1. The van der Waals surface area contributed by atoms with E-state index in [0.29, 0.717) is 12.1 Å². The highest BCUT2D eigenvalue weighted by Crippen LogP contribution is 2.11. The third kappa shape index (κ3) is 2.35. The van der Waals surface area contributed by atoms with Gasteiger partial charge in [0.05, 0.1) is 11.9 Å². The molecule has 0 saturated heterocycles. The van der Waals surface area contributed by atoms with E-state index in [4.69, 9.17) is 10.4 Å². The molecular weight excluding hydrogens is 237 g/mol. The molecule has 0 aliphatic rings. The second-order valence-corrected chi connectivity index (χ2v) is 3.66. The first-order chi connectivity index (χ1) is 8.60. The van der Waals surface area contributed by atoms with Gasteiger partial charge in [-0.25, -0.2) is 14.2 Å². The Balaban J connectivity index is 2.23. The largest absolute Gasteiger partial charge is 0.476 e. The minimum Gasteiger partial charge on any atom is -0.476 e. The summed E-state index contributed by atoms with van der Waals surface area (Å²) in [4.78, 5) is 14.3. The van der Waals surface area contributed by atoms with Gasteiger partial charge in [-0.15, -0.1) is 0 Å². The van der Waals surface area contributed by atoms with Crippen molar-refractivity contribution in [2.24, 2.45) is 0 Å². The van der Waals surface area contributed by atoms with Crippen molar-refractivity contribution in [3.05, 3.63) is 53.4 Å². The Bertz CT molecular complexity index is 643. The van der Waals surface area contributed by atoms with E-state index < -0.39 is 11.8 Å². The fraction of sp³-hybridized carbons (Fsp3) is 0.0833. The van der Waals surface area contributed by atoms with Gasteiger partial charge in [-0.3, -0.25) is 0 Å². The number of aromatic nitrogens is 2. The molecule has 2 rings (SSSR count). The first kappa shape index (κ1) is 11.8. The van der Waals surface area contributed by atoms with Crippen LogP contribution in [0.2, 0.25) is 0 Å². The Morgan fingerprint density at radius 1 is 1.56 bits per heavy atom. The fourth-order valence-electron chi connectivity index (χ4n) is 1.52. The number of hydrogen-bond donors (Lipinski definition) is 1. The molecule has 0 amide bonds. The lowest BCUT2D eigenvalue weighted by Gasteiger charge is -2.03. The Kier molecular flexibility index (Phi) is 3.06. The third-order valence-electron chi connectivity index (χ3n) is 2.37. The third-order valence-corrected chi connectivity index (χ3v) is 2.37. The molecule has 6 heteroatoms. The van der Waals surface area contributed by atoms with Crippen molar-refractivity contribution in [3.8, 4) is 6.07 Å². The summed E-state index contributed by atoms with van der Waals surface area (Å²) in [6.45, 7) is 0.329. The Hall–Kier alpha value is -2.68. The summed E-state index contributed by atoms with van der Waals surface area (Å²) in [6, 6.07) is 5.93. The molecule has 0 fully saturated rings. The van der Waals surface area contributed by atoms with Gasteiger partial charge in [0, 0.05) is 12.7 Å². The molecule has 2 aromatic rings. The number of carboxylic acids is 1. The van der Waals surface area contributed by atoms with E-state index in [1.807, 2.05) is 0 Å². The van der Waals surface area contributed by atoms with Gasteiger partial charge < -0.3 is 9.67 Å². The van der Waals surface area contributed by atoms with E-state index in [1.54, 1.807) is 10.6 Å². The average Bonchev–Trinajstić information content (AvgIpc) is 2.80. The van der Waals surface area contributed by atoms with Crippen LogP contribution in [0.5, 0.6) is 0 Å². The molecule has 0 unspecified atom stereocenters. The Morgan fingerprint density at radius 2 is 2.33 bits per heavy atom. The lowest BCUT2D eigenvalue weighted by Crippen LogP contribution is -1.99. The summed E-state index contributed by atoms with van der Waals surface area (Å²) in [7, 11) is 0. The number of carboxylic acid groups (broad SMARTS) is 1. The molecule has 0 aliphatic carbocycles. The van der Waals surface area contributed by atoms with Crippen molar-refractivity contribution in [2.75, 3.05) is 0 Å². The lowest BCUT2D eigenvalue weighted by molar-refractivity contribution is 0.0691. The van der Waals surface area contributed by atoms with Gasteiger partial charge in [0.15, 0.2) is 5.69 Å². The molecule has 1 aromatic heterocycles. The number of halogens is 1. The van der Waals surface area contributed by atoms with Gasteiger partial charge in [0.1, 0.15) is 11.9 Å². The van der Waals surface area contributed by atoms with Crippen LogP contribution in [0.3, 0.4) is 0 Å². The molecular formula is C12H8FN3O2. The zero-order chi connectivity index (χ0) is 13.1.